The fourth-order valence-corrected chi connectivity index (χ4v) is 2.70. The number of benzene rings is 1. The van der Waals surface area contributed by atoms with E-state index >= 15 is 0 Å². The molecule has 0 radical (unpaired) electrons. The summed E-state index contributed by atoms with van der Waals surface area (Å²) >= 11 is 5.68. The van der Waals surface area contributed by atoms with Crippen LogP contribution in [0.5, 0.6) is 0 Å². The summed E-state index contributed by atoms with van der Waals surface area (Å²) in [5, 5.41) is 10.0. The number of aliphatic hydroxyl groups is 1. The zero-order chi connectivity index (χ0) is 13.8. The van der Waals surface area contributed by atoms with Gasteiger partial charge in [0.2, 0.25) is 0 Å². The van der Waals surface area contributed by atoms with Gasteiger partial charge in [-0.05, 0) is 36.6 Å². The summed E-state index contributed by atoms with van der Waals surface area (Å²) in [6.45, 7) is 1.58. The number of rotatable bonds is 6. The highest BCUT2D eigenvalue weighted by molar-refractivity contribution is 7.91. The van der Waals surface area contributed by atoms with Gasteiger partial charge in [-0.2, -0.15) is 0 Å². The highest BCUT2D eigenvalue weighted by Crippen LogP contribution is 2.23. The largest absolute Gasteiger partial charge is 0.388 e. The summed E-state index contributed by atoms with van der Waals surface area (Å²) < 4.78 is 35.6. The number of sulfone groups is 1. The average molecular weight is 295 g/mol. The van der Waals surface area contributed by atoms with Crippen LogP contribution >= 0.6 is 11.6 Å². The molecular weight excluding hydrogens is 279 g/mol. The molecule has 1 aromatic carbocycles. The van der Waals surface area contributed by atoms with E-state index in [9.17, 15) is 17.9 Å². The second kappa shape index (κ2) is 6.50. The van der Waals surface area contributed by atoms with Crippen molar-refractivity contribution in [1.82, 2.24) is 0 Å². The van der Waals surface area contributed by atoms with Crippen LogP contribution in [-0.4, -0.2) is 25.0 Å². The van der Waals surface area contributed by atoms with Crippen LogP contribution < -0.4 is 0 Å². The Kier molecular flexibility index (Phi) is 5.56. The van der Waals surface area contributed by atoms with E-state index in [-0.39, 0.29) is 22.9 Å². The van der Waals surface area contributed by atoms with Gasteiger partial charge in [-0.1, -0.05) is 18.5 Å². The normalized spacial score (nSPS) is 13.6. The first-order valence-electron chi connectivity index (χ1n) is 5.68. The van der Waals surface area contributed by atoms with Gasteiger partial charge in [-0.25, -0.2) is 12.8 Å². The van der Waals surface area contributed by atoms with Crippen molar-refractivity contribution in [1.29, 1.82) is 0 Å². The Labute approximate surface area is 112 Å². The number of hydrogen-bond donors (Lipinski definition) is 1. The molecule has 0 aliphatic carbocycles. The lowest BCUT2D eigenvalue weighted by Gasteiger charge is -2.11. The van der Waals surface area contributed by atoms with Crippen molar-refractivity contribution >= 4 is 21.4 Å². The first kappa shape index (κ1) is 15.4. The smallest absolute Gasteiger partial charge is 0.150 e. The van der Waals surface area contributed by atoms with E-state index in [2.05, 4.69) is 0 Å². The monoisotopic (exact) mass is 294 g/mol. The third-order valence-electron chi connectivity index (χ3n) is 2.64. The maximum atomic E-state index is 13.1. The van der Waals surface area contributed by atoms with Crippen molar-refractivity contribution in [3.8, 4) is 0 Å². The van der Waals surface area contributed by atoms with E-state index < -0.39 is 21.8 Å². The molecule has 0 spiro atoms. The molecule has 0 saturated heterocycles. The standard InChI is InChI=1S/C12H16ClFO3S/c1-2-18(16,17)5-3-4-12(15)9-6-10(13)8-11(14)7-9/h6-8,12,15H,2-5H2,1H3. The third-order valence-corrected chi connectivity index (χ3v) is 4.65. The molecule has 0 bridgehead atoms. The van der Waals surface area contributed by atoms with Gasteiger partial charge in [0.15, 0.2) is 0 Å². The fraction of sp³-hybridized carbons (Fsp3) is 0.500. The van der Waals surface area contributed by atoms with E-state index in [0.29, 0.717) is 12.0 Å². The van der Waals surface area contributed by atoms with Gasteiger partial charge in [0.25, 0.3) is 0 Å². The average Bonchev–Trinajstić information content (AvgIpc) is 2.27. The van der Waals surface area contributed by atoms with Gasteiger partial charge < -0.3 is 5.11 Å². The number of aliphatic hydroxyl groups excluding tert-OH is 1. The van der Waals surface area contributed by atoms with Crippen molar-refractivity contribution in [2.45, 2.75) is 25.9 Å². The van der Waals surface area contributed by atoms with Crippen LogP contribution in [0, 0.1) is 5.82 Å². The van der Waals surface area contributed by atoms with Crippen LogP contribution in [-0.2, 0) is 9.84 Å². The van der Waals surface area contributed by atoms with Crippen molar-refractivity contribution in [2.24, 2.45) is 0 Å². The molecule has 1 N–H and O–H groups in total. The zero-order valence-electron chi connectivity index (χ0n) is 10.1. The topological polar surface area (TPSA) is 54.4 Å². The minimum Gasteiger partial charge on any atom is -0.388 e. The molecule has 0 aliphatic heterocycles. The molecule has 102 valence electrons. The lowest BCUT2D eigenvalue weighted by molar-refractivity contribution is 0.166. The van der Waals surface area contributed by atoms with Crippen LogP contribution in [0.25, 0.3) is 0 Å². The molecule has 18 heavy (non-hydrogen) atoms. The molecule has 0 aromatic heterocycles. The van der Waals surface area contributed by atoms with E-state index in [1.165, 1.54) is 12.1 Å². The molecule has 1 atom stereocenters. The summed E-state index contributed by atoms with van der Waals surface area (Å²) in [4.78, 5) is 0. The Morgan fingerprint density at radius 1 is 1.39 bits per heavy atom. The fourth-order valence-electron chi connectivity index (χ4n) is 1.58. The summed E-state index contributed by atoms with van der Waals surface area (Å²) in [5.74, 6) is -0.392. The van der Waals surface area contributed by atoms with E-state index in [1.807, 2.05) is 0 Å². The van der Waals surface area contributed by atoms with Crippen LogP contribution in [0.15, 0.2) is 18.2 Å². The highest BCUT2D eigenvalue weighted by atomic mass is 35.5. The van der Waals surface area contributed by atoms with Crippen molar-refractivity contribution in [3.63, 3.8) is 0 Å². The molecule has 0 fully saturated rings. The van der Waals surface area contributed by atoms with Crippen molar-refractivity contribution < 1.29 is 17.9 Å². The second-order valence-electron chi connectivity index (χ2n) is 4.10. The van der Waals surface area contributed by atoms with Gasteiger partial charge in [0.05, 0.1) is 11.9 Å². The van der Waals surface area contributed by atoms with Crippen LogP contribution in [0.2, 0.25) is 5.02 Å². The van der Waals surface area contributed by atoms with Crippen LogP contribution in [0.4, 0.5) is 4.39 Å². The van der Waals surface area contributed by atoms with Gasteiger partial charge in [0, 0.05) is 10.8 Å². The molecule has 0 heterocycles. The van der Waals surface area contributed by atoms with E-state index in [1.54, 1.807) is 6.92 Å². The van der Waals surface area contributed by atoms with Crippen molar-refractivity contribution in [2.75, 3.05) is 11.5 Å². The Bertz CT molecular complexity index is 482. The van der Waals surface area contributed by atoms with Crippen molar-refractivity contribution in [3.05, 3.63) is 34.6 Å². The first-order chi connectivity index (χ1) is 8.34. The summed E-state index contributed by atoms with van der Waals surface area (Å²) in [5.41, 5.74) is 0.369. The predicted octanol–water partition coefficient (Wildman–Crippen LogP) is 2.73. The highest BCUT2D eigenvalue weighted by Gasteiger charge is 2.12. The maximum absolute atomic E-state index is 13.1. The van der Waals surface area contributed by atoms with E-state index in [0.717, 1.165) is 6.07 Å². The quantitative estimate of drug-likeness (QED) is 0.878. The Morgan fingerprint density at radius 2 is 2.06 bits per heavy atom. The minimum atomic E-state index is -3.02. The summed E-state index contributed by atoms with van der Waals surface area (Å²) in [6.07, 6.45) is -0.296. The Balaban J connectivity index is 2.58. The molecule has 3 nitrogen and oxygen atoms in total. The Morgan fingerprint density at radius 3 is 2.61 bits per heavy atom. The van der Waals surface area contributed by atoms with Gasteiger partial charge in [-0.3, -0.25) is 0 Å². The lowest BCUT2D eigenvalue weighted by Crippen LogP contribution is -2.10. The molecule has 1 unspecified atom stereocenters. The van der Waals surface area contributed by atoms with Gasteiger partial charge in [0.1, 0.15) is 15.7 Å². The lowest BCUT2D eigenvalue weighted by atomic mass is 10.1. The van der Waals surface area contributed by atoms with Crippen LogP contribution in [0.1, 0.15) is 31.4 Å². The predicted molar refractivity (Wildman–Crippen MR) is 69.9 cm³/mol. The van der Waals surface area contributed by atoms with Crippen LogP contribution in [0.3, 0.4) is 0 Å². The Hall–Kier alpha value is -0.650. The number of halogens is 2. The molecule has 6 heteroatoms. The number of hydrogen-bond acceptors (Lipinski definition) is 3. The van der Waals surface area contributed by atoms with Gasteiger partial charge >= 0.3 is 0 Å². The maximum Gasteiger partial charge on any atom is 0.150 e. The minimum absolute atomic E-state index is 0.0314. The molecule has 0 saturated carbocycles. The van der Waals surface area contributed by atoms with E-state index in [4.69, 9.17) is 11.6 Å². The SMILES string of the molecule is CCS(=O)(=O)CCCC(O)c1cc(F)cc(Cl)c1. The second-order valence-corrected chi connectivity index (χ2v) is 7.01. The summed E-state index contributed by atoms with van der Waals surface area (Å²) in [6, 6.07) is 3.83. The molecular formula is C12H16ClFO3S. The van der Waals surface area contributed by atoms with Gasteiger partial charge in [-0.15, -0.1) is 0 Å². The third kappa shape index (κ3) is 4.92. The molecule has 0 amide bonds. The summed E-state index contributed by atoms with van der Waals surface area (Å²) in [7, 11) is -3.02. The molecule has 1 aromatic rings. The first-order valence-corrected chi connectivity index (χ1v) is 7.88. The molecule has 0 aliphatic rings. The zero-order valence-corrected chi connectivity index (χ0v) is 11.6. The molecule has 1 rings (SSSR count).